The molecule has 3 N–H and O–H groups in total. The highest BCUT2D eigenvalue weighted by atomic mass is 32.2. The van der Waals surface area contributed by atoms with Crippen LogP contribution in [0.4, 0.5) is 0 Å². The van der Waals surface area contributed by atoms with Crippen LogP contribution in [0.1, 0.15) is 20.3 Å². The molecular weight excluding hydrogens is 462 g/mol. The molecule has 0 saturated carbocycles. The van der Waals surface area contributed by atoms with E-state index in [0.29, 0.717) is 17.9 Å². The van der Waals surface area contributed by atoms with Crippen molar-refractivity contribution in [1.29, 1.82) is 0 Å². The molecule has 0 radical (unpaired) electrons. The number of carboxylic acids is 1. The fourth-order valence-corrected chi connectivity index (χ4v) is 6.50. The minimum Gasteiger partial charge on any atom is -0.477 e. The van der Waals surface area contributed by atoms with Crippen LogP contribution < -0.4 is 10.6 Å². The number of aromatic nitrogens is 3. The van der Waals surface area contributed by atoms with Crippen LogP contribution in [0.2, 0.25) is 0 Å². The number of likely N-dealkylation sites (N-methyl/N-ethyl adjacent to an activating group) is 1. The Labute approximate surface area is 201 Å². The first kappa shape index (κ1) is 24.2. The summed E-state index contributed by atoms with van der Waals surface area (Å²) >= 11 is 1.44. The molecule has 3 aliphatic heterocycles. The Kier molecular flexibility index (Phi) is 6.67. The third-order valence-corrected chi connectivity index (χ3v) is 8.13. The minimum atomic E-state index is -1.14. The van der Waals surface area contributed by atoms with Crippen molar-refractivity contribution in [3.8, 4) is 0 Å². The number of hydrogen-bond acceptors (Lipinski definition) is 8. The third-order valence-electron chi connectivity index (χ3n) is 6.61. The van der Waals surface area contributed by atoms with Crippen molar-refractivity contribution in [1.82, 2.24) is 35.2 Å². The van der Waals surface area contributed by atoms with Gasteiger partial charge in [0.15, 0.2) is 0 Å². The Morgan fingerprint density at radius 1 is 1.38 bits per heavy atom. The summed E-state index contributed by atoms with van der Waals surface area (Å²) in [5.41, 5.74) is 0.0206. The summed E-state index contributed by atoms with van der Waals surface area (Å²) in [5.74, 6) is -2.47. The number of nitrogens with one attached hydrogen (secondary N) is 2. The van der Waals surface area contributed by atoms with Crippen LogP contribution in [0, 0.1) is 11.8 Å². The Morgan fingerprint density at radius 3 is 2.74 bits per heavy atom. The Bertz CT molecular complexity index is 1030. The molecule has 4 rings (SSSR count). The van der Waals surface area contributed by atoms with E-state index in [4.69, 9.17) is 0 Å². The van der Waals surface area contributed by atoms with Crippen LogP contribution in [0.25, 0.3) is 0 Å². The van der Waals surface area contributed by atoms with Crippen LogP contribution in [0.5, 0.6) is 0 Å². The molecule has 1 aromatic rings. The molecule has 34 heavy (non-hydrogen) atoms. The van der Waals surface area contributed by atoms with Crippen LogP contribution >= 0.6 is 11.8 Å². The quantitative estimate of drug-likeness (QED) is 0.394. The number of rotatable bonds is 8. The van der Waals surface area contributed by atoms with Gasteiger partial charge in [0, 0.05) is 42.8 Å². The van der Waals surface area contributed by atoms with Gasteiger partial charge in [-0.1, -0.05) is 6.92 Å². The van der Waals surface area contributed by atoms with Gasteiger partial charge in [-0.05, 0) is 13.3 Å². The van der Waals surface area contributed by atoms with Crippen LogP contribution in [-0.2, 0) is 25.7 Å². The number of hydrogen-bond donors (Lipinski definition) is 3. The van der Waals surface area contributed by atoms with E-state index in [1.54, 1.807) is 25.9 Å². The summed E-state index contributed by atoms with van der Waals surface area (Å²) < 4.78 is 1.39. The molecule has 3 amide bonds. The SMILES string of the molecule is C[C@@H](NC(=O)Cn1cncn1)[C@H]1C(=O)N2C(C(=O)O)=C(S[C@@H]3CN[C@H](C(=O)N(C)C)C3)[C@H](C)[C@@H]12. The van der Waals surface area contributed by atoms with E-state index in [1.807, 2.05) is 6.92 Å². The van der Waals surface area contributed by atoms with Crippen molar-refractivity contribution in [2.45, 2.75) is 50.2 Å². The normalized spacial score (nSPS) is 29.0. The number of carbonyl (C=O) groups is 4. The van der Waals surface area contributed by atoms with Gasteiger partial charge in [0.05, 0.1) is 18.0 Å². The highest BCUT2D eigenvalue weighted by Gasteiger charge is 2.60. The number of fused-ring (bicyclic) bond motifs is 1. The predicted octanol–water partition coefficient (Wildman–Crippen LogP) is -0.892. The topological polar surface area (TPSA) is 150 Å². The zero-order valence-corrected chi connectivity index (χ0v) is 20.3. The molecule has 1 aromatic heterocycles. The zero-order valence-electron chi connectivity index (χ0n) is 19.5. The van der Waals surface area contributed by atoms with Gasteiger partial charge in [0.1, 0.15) is 24.9 Å². The average molecular weight is 492 g/mol. The van der Waals surface area contributed by atoms with Crippen molar-refractivity contribution in [2.24, 2.45) is 11.8 Å². The lowest BCUT2D eigenvalue weighted by molar-refractivity contribution is -0.158. The second-order valence-electron chi connectivity index (χ2n) is 9.15. The first-order valence-electron chi connectivity index (χ1n) is 11.1. The van der Waals surface area contributed by atoms with Crippen molar-refractivity contribution in [2.75, 3.05) is 20.6 Å². The lowest BCUT2D eigenvalue weighted by Gasteiger charge is -2.47. The zero-order chi connectivity index (χ0) is 24.7. The van der Waals surface area contributed by atoms with E-state index in [-0.39, 0.29) is 53.2 Å². The van der Waals surface area contributed by atoms with E-state index in [9.17, 15) is 24.3 Å². The first-order valence-corrected chi connectivity index (χ1v) is 12.0. The summed E-state index contributed by atoms with van der Waals surface area (Å²) in [6, 6.07) is -1.11. The second kappa shape index (κ2) is 9.37. The van der Waals surface area contributed by atoms with Gasteiger partial charge in [0.25, 0.3) is 0 Å². The van der Waals surface area contributed by atoms with E-state index in [0.717, 1.165) is 0 Å². The summed E-state index contributed by atoms with van der Waals surface area (Å²) in [6.07, 6.45) is 3.35. The molecule has 184 valence electrons. The highest BCUT2D eigenvalue weighted by Crippen LogP contribution is 2.51. The molecule has 0 bridgehead atoms. The second-order valence-corrected chi connectivity index (χ2v) is 10.5. The number of β-lactam (4-membered cyclic amide) rings is 1. The summed E-state index contributed by atoms with van der Waals surface area (Å²) in [4.78, 5) is 57.2. The maximum absolute atomic E-state index is 13.0. The molecular formula is C21H29N7O5S. The van der Waals surface area contributed by atoms with Crippen molar-refractivity contribution in [3.05, 3.63) is 23.3 Å². The molecule has 2 saturated heterocycles. The molecule has 13 heteroatoms. The summed E-state index contributed by atoms with van der Waals surface area (Å²) in [7, 11) is 3.41. The largest absolute Gasteiger partial charge is 0.477 e. The Balaban J connectivity index is 1.44. The Morgan fingerprint density at radius 2 is 2.12 bits per heavy atom. The lowest BCUT2D eigenvalue weighted by atomic mass is 9.78. The third kappa shape index (κ3) is 4.29. The fourth-order valence-electron chi connectivity index (χ4n) is 5.02. The number of carboxylic acid groups (broad SMARTS) is 1. The summed E-state index contributed by atoms with van der Waals surface area (Å²) in [6.45, 7) is 4.24. The van der Waals surface area contributed by atoms with Gasteiger partial charge in [-0.2, -0.15) is 5.10 Å². The molecule has 0 spiro atoms. The smallest absolute Gasteiger partial charge is 0.353 e. The molecule has 12 nitrogen and oxygen atoms in total. The van der Waals surface area contributed by atoms with Gasteiger partial charge in [-0.25, -0.2) is 14.5 Å². The molecule has 0 aliphatic carbocycles. The maximum atomic E-state index is 13.0. The highest BCUT2D eigenvalue weighted by molar-refractivity contribution is 8.03. The molecule has 0 aromatic carbocycles. The molecule has 0 unspecified atom stereocenters. The minimum absolute atomic E-state index is 0.00970. The molecule has 4 heterocycles. The standard InChI is InChI=1S/C21H29N7O5S/c1-10-16-15(11(2)25-14(29)7-27-9-22-8-24-27)20(31)28(16)17(21(32)33)18(10)34-12-5-13(23-6-12)19(30)26(3)4/h8-13,15-16,23H,5-7H2,1-4H3,(H,25,29)(H,32,33)/t10-,11-,12+,13+,15-,16+/m1/s1. The van der Waals surface area contributed by atoms with Gasteiger partial charge in [-0.15, -0.1) is 11.8 Å². The van der Waals surface area contributed by atoms with Gasteiger partial charge < -0.3 is 25.5 Å². The van der Waals surface area contributed by atoms with E-state index >= 15 is 0 Å². The monoisotopic (exact) mass is 491 g/mol. The lowest BCUT2D eigenvalue weighted by Crippen LogP contribution is -2.66. The molecule has 3 aliphatic rings. The predicted molar refractivity (Wildman–Crippen MR) is 122 cm³/mol. The van der Waals surface area contributed by atoms with E-state index < -0.39 is 17.9 Å². The number of thioether (sulfide) groups is 1. The van der Waals surface area contributed by atoms with Gasteiger partial charge in [-0.3, -0.25) is 14.4 Å². The van der Waals surface area contributed by atoms with E-state index in [2.05, 4.69) is 20.7 Å². The molecule has 6 atom stereocenters. The van der Waals surface area contributed by atoms with Crippen LogP contribution in [-0.4, -0.2) is 97.4 Å². The number of nitrogens with zero attached hydrogens (tertiary/aromatic N) is 5. The van der Waals surface area contributed by atoms with Crippen molar-refractivity contribution in [3.63, 3.8) is 0 Å². The van der Waals surface area contributed by atoms with Gasteiger partial charge in [0.2, 0.25) is 17.7 Å². The first-order chi connectivity index (χ1) is 16.1. The van der Waals surface area contributed by atoms with Crippen molar-refractivity contribution >= 4 is 35.5 Å². The van der Waals surface area contributed by atoms with E-state index in [1.165, 1.54) is 34.0 Å². The van der Waals surface area contributed by atoms with Gasteiger partial charge >= 0.3 is 5.97 Å². The summed E-state index contributed by atoms with van der Waals surface area (Å²) in [5, 5.41) is 19.9. The average Bonchev–Trinajstić information content (AvgIpc) is 3.48. The Hall–Kier alpha value is -2.93. The van der Waals surface area contributed by atoms with Crippen molar-refractivity contribution < 1.29 is 24.3 Å². The maximum Gasteiger partial charge on any atom is 0.353 e. The van der Waals surface area contributed by atoms with Crippen LogP contribution in [0.3, 0.4) is 0 Å². The number of amides is 3. The number of aliphatic carboxylic acids is 1. The fraction of sp³-hybridized carbons (Fsp3) is 0.619. The van der Waals surface area contributed by atoms with Crippen LogP contribution in [0.15, 0.2) is 23.3 Å². The molecule has 2 fully saturated rings. The number of carbonyl (C=O) groups excluding carboxylic acids is 3.